The molecular formula is C22H20Cl2N2O3S. The highest BCUT2D eigenvalue weighted by Crippen LogP contribution is 2.27. The number of hydrogen-bond donors (Lipinski definition) is 2. The van der Waals surface area contributed by atoms with Gasteiger partial charge in [0.05, 0.1) is 5.02 Å². The van der Waals surface area contributed by atoms with Crippen LogP contribution in [-0.2, 0) is 10.0 Å². The van der Waals surface area contributed by atoms with Crippen LogP contribution in [0.3, 0.4) is 0 Å². The second kappa shape index (κ2) is 8.68. The zero-order valence-electron chi connectivity index (χ0n) is 16.6. The summed E-state index contributed by atoms with van der Waals surface area (Å²) in [5, 5.41) is 3.28. The zero-order chi connectivity index (χ0) is 22.1. The average molecular weight is 463 g/mol. The number of hydrogen-bond acceptors (Lipinski definition) is 3. The number of sulfonamides is 1. The van der Waals surface area contributed by atoms with Crippen LogP contribution < -0.4 is 10.0 Å². The van der Waals surface area contributed by atoms with Crippen LogP contribution in [0.5, 0.6) is 0 Å². The Morgan fingerprint density at radius 1 is 0.867 bits per heavy atom. The number of benzene rings is 3. The molecule has 0 aromatic heterocycles. The molecule has 0 unspecified atom stereocenters. The molecule has 0 saturated carbocycles. The van der Waals surface area contributed by atoms with Crippen LogP contribution in [0.15, 0.2) is 59.5 Å². The number of amides is 1. The lowest BCUT2D eigenvalue weighted by Crippen LogP contribution is -2.17. The zero-order valence-corrected chi connectivity index (χ0v) is 18.9. The van der Waals surface area contributed by atoms with Crippen LogP contribution in [-0.4, -0.2) is 14.3 Å². The van der Waals surface area contributed by atoms with Crippen LogP contribution in [0.25, 0.3) is 0 Å². The third kappa shape index (κ3) is 4.78. The Kier molecular flexibility index (Phi) is 6.41. The lowest BCUT2D eigenvalue weighted by atomic mass is 10.1. The summed E-state index contributed by atoms with van der Waals surface area (Å²) in [4.78, 5) is 12.5. The second-order valence-electron chi connectivity index (χ2n) is 6.92. The van der Waals surface area contributed by atoms with Gasteiger partial charge in [0, 0.05) is 22.0 Å². The lowest BCUT2D eigenvalue weighted by Gasteiger charge is -2.13. The molecule has 0 fully saturated rings. The monoisotopic (exact) mass is 462 g/mol. The van der Waals surface area contributed by atoms with E-state index < -0.39 is 15.9 Å². The Bertz CT molecular complexity index is 1240. The van der Waals surface area contributed by atoms with Crippen molar-refractivity contribution in [1.29, 1.82) is 0 Å². The van der Waals surface area contributed by atoms with Crippen LogP contribution >= 0.6 is 23.2 Å². The fraction of sp³-hybridized carbons (Fsp3) is 0.136. The van der Waals surface area contributed by atoms with E-state index in [1.165, 1.54) is 18.2 Å². The SMILES string of the molecule is Cc1ccc(NS(=O)(=O)c2cc(C(=O)Nc3cccc(Cl)c3C)ccc2Cl)cc1C. The molecule has 0 saturated heterocycles. The summed E-state index contributed by atoms with van der Waals surface area (Å²) in [6, 6.07) is 14.5. The highest BCUT2D eigenvalue weighted by molar-refractivity contribution is 7.92. The van der Waals surface area contributed by atoms with Gasteiger partial charge in [-0.15, -0.1) is 0 Å². The van der Waals surface area contributed by atoms with Crippen molar-refractivity contribution in [3.63, 3.8) is 0 Å². The van der Waals surface area contributed by atoms with Crippen molar-refractivity contribution >= 4 is 50.5 Å². The predicted molar refractivity (Wildman–Crippen MR) is 122 cm³/mol. The van der Waals surface area contributed by atoms with Gasteiger partial charge >= 0.3 is 0 Å². The van der Waals surface area contributed by atoms with Gasteiger partial charge in [-0.25, -0.2) is 8.42 Å². The van der Waals surface area contributed by atoms with Crippen molar-refractivity contribution in [1.82, 2.24) is 0 Å². The van der Waals surface area contributed by atoms with E-state index in [2.05, 4.69) is 10.0 Å². The van der Waals surface area contributed by atoms with Crippen molar-refractivity contribution in [2.45, 2.75) is 25.7 Å². The van der Waals surface area contributed by atoms with Gasteiger partial charge in [0.2, 0.25) is 0 Å². The fourth-order valence-corrected chi connectivity index (χ4v) is 4.55. The minimum atomic E-state index is -4.00. The average Bonchev–Trinajstić information content (AvgIpc) is 2.68. The molecule has 0 spiro atoms. The lowest BCUT2D eigenvalue weighted by molar-refractivity contribution is 0.102. The highest BCUT2D eigenvalue weighted by Gasteiger charge is 2.21. The topological polar surface area (TPSA) is 75.3 Å². The number of anilines is 2. The van der Waals surface area contributed by atoms with Crippen LogP contribution in [0.4, 0.5) is 11.4 Å². The Morgan fingerprint density at radius 2 is 1.60 bits per heavy atom. The van der Waals surface area contributed by atoms with E-state index >= 15 is 0 Å². The summed E-state index contributed by atoms with van der Waals surface area (Å²) in [5.41, 5.74) is 3.82. The normalized spacial score (nSPS) is 11.2. The number of carbonyl (C=O) groups excluding carboxylic acids is 1. The summed E-state index contributed by atoms with van der Waals surface area (Å²) < 4.78 is 28.3. The maximum Gasteiger partial charge on any atom is 0.263 e. The standard InChI is InChI=1S/C22H20Cl2N2O3S/c1-13-7-9-17(11-14(13)2)26-30(28,29)21-12-16(8-10-19(21)24)22(27)25-20-6-4-5-18(23)15(20)3/h4-12,26H,1-3H3,(H,25,27). The summed E-state index contributed by atoms with van der Waals surface area (Å²) in [6.45, 7) is 5.61. The smallest absolute Gasteiger partial charge is 0.263 e. The second-order valence-corrected chi connectivity index (χ2v) is 9.38. The third-order valence-electron chi connectivity index (χ3n) is 4.76. The summed E-state index contributed by atoms with van der Waals surface area (Å²) in [7, 11) is -4.00. The van der Waals surface area contributed by atoms with Crippen molar-refractivity contribution < 1.29 is 13.2 Å². The summed E-state index contributed by atoms with van der Waals surface area (Å²) in [6.07, 6.45) is 0. The Balaban J connectivity index is 1.91. The molecule has 30 heavy (non-hydrogen) atoms. The van der Waals surface area contributed by atoms with Crippen molar-refractivity contribution in [3.8, 4) is 0 Å². The van der Waals surface area contributed by atoms with Gasteiger partial charge in [0.1, 0.15) is 4.90 Å². The van der Waals surface area contributed by atoms with Crippen LogP contribution in [0.2, 0.25) is 10.0 Å². The van der Waals surface area contributed by atoms with Gasteiger partial charge in [-0.3, -0.25) is 9.52 Å². The maximum absolute atomic E-state index is 12.9. The van der Waals surface area contributed by atoms with E-state index in [9.17, 15) is 13.2 Å². The predicted octanol–water partition coefficient (Wildman–Crippen LogP) is 5.97. The number of rotatable bonds is 5. The third-order valence-corrected chi connectivity index (χ3v) is 7.03. The minimum Gasteiger partial charge on any atom is -0.322 e. The molecule has 3 aromatic rings. The van der Waals surface area contributed by atoms with E-state index in [0.29, 0.717) is 22.0 Å². The Hall–Kier alpha value is -2.54. The quantitative estimate of drug-likeness (QED) is 0.490. The van der Waals surface area contributed by atoms with Crippen LogP contribution in [0, 0.1) is 20.8 Å². The molecule has 0 aliphatic heterocycles. The maximum atomic E-state index is 12.9. The Labute approximate surface area is 186 Å². The molecule has 0 heterocycles. The summed E-state index contributed by atoms with van der Waals surface area (Å²) >= 11 is 12.2. The first kappa shape index (κ1) is 22.2. The van der Waals surface area contributed by atoms with Crippen molar-refractivity contribution in [2.75, 3.05) is 10.0 Å². The molecular weight excluding hydrogens is 443 g/mol. The molecule has 5 nitrogen and oxygen atoms in total. The molecule has 156 valence electrons. The van der Waals surface area contributed by atoms with Crippen molar-refractivity contribution in [2.24, 2.45) is 0 Å². The minimum absolute atomic E-state index is 0.0156. The van der Waals surface area contributed by atoms with E-state index in [4.69, 9.17) is 23.2 Å². The highest BCUT2D eigenvalue weighted by atomic mass is 35.5. The fourth-order valence-electron chi connectivity index (χ4n) is 2.80. The Morgan fingerprint density at radius 3 is 2.30 bits per heavy atom. The molecule has 1 amide bonds. The summed E-state index contributed by atoms with van der Waals surface area (Å²) in [5.74, 6) is -0.473. The first-order valence-electron chi connectivity index (χ1n) is 9.04. The molecule has 0 bridgehead atoms. The molecule has 0 radical (unpaired) electrons. The first-order valence-corrected chi connectivity index (χ1v) is 11.3. The first-order chi connectivity index (χ1) is 14.1. The molecule has 0 aliphatic carbocycles. The number of halogens is 2. The van der Waals surface area contributed by atoms with Gasteiger partial charge in [-0.05, 0) is 79.9 Å². The van der Waals surface area contributed by atoms with E-state index in [-0.39, 0.29) is 15.5 Å². The van der Waals surface area contributed by atoms with E-state index in [0.717, 1.165) is 11.1 Å². The van der Waals surface area contributed by atoms with E-state index in [1.807, 2.05) is 19.9 Å². The van der Waals surface area contributed by atoms with Gasteiger partial charge in [0.25, 0.3) is 15.9 Å². The van der Waals surface area contributed by atoms with E-state index in [1.54, 1.807) is 37.3 Å². The van der Waals surface area contributed by atoms with Crippen molar-refractivity contribution in [3.05, 3.63) is 86.9 Å². The van der Waals surface area contributed by atoms with Crippen LogP contribution in [0.1, 0.15) is 27.0 Å². The van der Waals surface area contributed by atoms with Gasteiger partial charge < -0.3 is 5.32 Å². The molecule has 2 N–H and O–H groups in total. The number of nitrogens with one attached hydrogen (secondary N) is 2. The van der Waals surface area contributed by atoms with Gasteiger partial charge in [-0.2, -0.15) is 0 Å². The number of carbonyl (C=O) groups is 1. The molecule has 3 rings (SSSR count). The van der Waals surface area contributed by atoms with Gasteiger partial charge in [-0.1, -0.05) is 35.3 Å². The largest absolute Gasteiger partial charge is 0.322 e. The molecule has 3 aromatic carbocycles. The molecule has 0 atom stereocenters. The number of aryl methyl sites for hydroxylation is 2. The molecule has 0 aliphatic rings. The van der Waals surface area contributed by atoms with Gasteiger partial charge in [0.15, 0.2) is 0 Å². The molecule has 8 heteroatoms.